The number of carbonyl (C=O) groups is 3. The molecule has 134 valence electrons. The molecule has 1 aliphatic heterocycles. The van der Waals surface area contributed by atoms with Gasteiger partial charge in [-0.3, -0.25) is 19.4 Å². The molecule has 0 bridgehead atoms. The van der Waals surface area contributed by atoms with Crippen molar-refractivity contribution >= 4 is 17.6 Å². The summed E-state index contributed by atoms with van der Waals surface area (Å²) in [7, 11) is 0. The lowest BCUT2D eigenvalue weighted by Gasteiger charge is -2.31. The monoisotopic (exact) mass is 351 g/mol. The minimum absolute atomic E-state index is 0.0582. The minimum atomic E-state index is -0.626. The lowest BCUT2D eigenvalue weighted by molar-refractivity contribution is 0.0650. The molecular formula is C20H21N3O3. The third kappa shape index (κ3) is 3.79. The number of benzene rings is 1. The molecule has 2 heterocycles. The molecule has 6 heteroatoms. The number of aryl methyl sites for hydroxylation is 1. The van der Waals surface area contributed by atoms with Crippen LogP contribution in [0.1, 0.15) is 49.6 Å². The number of nitrogens with zero attached hydrogens (tertiary/aromatic N) is 2. The van der Waals surface area contributed by atoms with Crippen LogP contribution in [0.2, 0.25) is 0 Å². The molecule has 2 amide bonds. The first-order valence-electron chi connectivity index (χ1n) is 8.61. The molecular weight excluding hydrogens is 330 g/mol. The molecule has 0 radical (unpaired) electrons. The van der Waals surface area contributed by atoms with Crippen LogP contribution < -0.4 is 5.73 Å². The summed E-state index contributed by atoms with van der Waals surface area (Å²) in [5.41, 5.74) is 7.55. The number of Topliss-reactive ketones (excluding diaryl/α,β-unsaturated/α-hetero) is 1. The van der Waals surface area contributed by atoms with Crippen LogP contribution in [0.15, 0.2) is 42.6 Å². The van der Waals surface area contributed by atoms with Gasteiger partial charge in [-0.1, -0.05) is 29.8 Å². The number of likely N-dealkylation sites (tertiary alicyclic amines) is 1. The smallest absolute Gasteiger partial charge is 0.267 e. The first-order chi connectivity index (χ1) is 12.5. The summed E-state index contributed by atoms with van der Waals surface area (Å²) in [6.07, 6.45) is 2.66. The van der Waals surface area contributed by atoms with Gasteiger partial charge in [0.15, 0.2) is 5.78 Å². The van der Waals surface area contributed by atoms with E-state index in [1.807, 2.05) is 31.2 Å². The summed E-state index contributed by atoms with van der Waals surface area (Å²) < 4.78 is 0. The molecule has 0 saturated carbocycles. The van der Waals surface area contributed by atoms with Gasteiger partial charge in [-0.25, -0.2) is 0 Å². The summed E-state index contributed by atoms with van der Waals surface area (Å²) in [6.45, 7) is 3.04. The standard InChI is InChI=1S/C20H21N3O3/c1-13-2-4-14(5-3-13)18(24)15-8-10-23(11-9-15)20(26)16-6-7-17(19(21)25)22-12-16/h2-7,12,15H,8-11H2,1H3,(H2,21,25). The highest BCUT2D eigenvalue weighted by Gasteiger charge is 2.28. The second kappa shape index (κ2) is 7.47. The fourth-order valence-electron chi connectivity index (χ4n) is 3.15. The Labute approximate surface area is 152 Å². The number of amides is 2. The third-order valence-electron chi connectivity index (χ3n) is 4.75. The van der Waals surface area contributed by atoms with Gasteiger partial charge < -0.3 is 10.6 Å². The predicted molar refractivity (Wildman–Crippen MR) is 96.9 cm³/mol. The van der Waals surface area contributed by atoms with Crippen LogP contribution in [-0.4, -0.2) is 40.6 Å². The van der Waals surface area contributed by atoms with Gasteiger partial charge >= 0.3 is 0 Å². The molecule has 0 unspecified atom stereocenters. The van der Waals surface area contributed by atoms with E-state index in [0.29, 0.717) is 31.5 Å². The van der Waals surface area contributed by atoms with E-state index >= 15 is 0 Å². The van der Waals surface area contributed by atoms with Crippen LogP contribution in [0.5, 0.6) is 0 Å². The second-order valence-corrected chi connectivity index (χ2v) is 6.59. The number of aromatic nitrogens is 1. The van der Waals surface area contributed by atoms with E-state index < -0.39 is 5.91 Å². The zero-order valence-electron chi connectivity index (χ0n) is 14.6. The van der Waals surface area contributed by atoms with Crippen molar-refractivity contribution in [3.05, 3.63) is 65.0 Å². The van der Waals surface area contributed by atoms with Crippen LogP contribution in [0, 0.1) is 12.8 Å². The van der Waals surface area contributed by atoms with Crippen molar-refractivity contribution in [1.29, 1.82) is 0 Å². The van der Waals surface area contributed by atoms with E-state index in [1.54, 1.807) is 11.0 Å². The van der Waals surface area contributed by atoms with Gasteiger partial charge in [-0.15, -0.1) is 0 Å². The molecule has 1 aliphatic rings. The highest BCUT2D eigenvalue weighted by atomic mass is 16.2. The van der Waals surface area contributed by atoms with Crippen LogP contribution in [0.25, 0.3) is 0 Å². The van der Waals surface area contributed by atoms with Gasteiger partial charge in [-0.2, -0.15) is 0 Å². The molecule has 2 aromatic rings. The lowest BCUT2D eigenvalue weighted by atomic mass is 9.88. The molecule has 0 aliphatic carbocycles. The molecule has 6 nitrogen and oxygen atoms in total. The average Bonchev–Trinajstić information content (AvgIpc) is 2.67. The zero-order chi connectivity index (χ0) is 18.7. The third-order valence-corrected chi connectivity index (χ3v) is 4.75. The molecule has 1 aromatic heterocycles. The fourth-order valence-corrected chi connectivity index (χ4v) is 3.15. The Hall–Kier alpha value is -3.02. The molecule has 1 saturated heterocycles. The Balaban J connectivity index is 1.60. The van der Waals surface area contributed by atoms with Gasteiger partial charge in [0.05, 0.1) is 5.56 Å². The summed E-state index contributed by atoms with van der Waals surface area (Å²) in [6, 6.07) is 10.6. The Bertz CT molecular complexity index is 820. The van der Waals surface area contributed by atoms with Crippen LogP contribution in [0.3, 0.4) is 0 Å². The summed E-state index contributed by atoms with van der Waals surface area (Å²) in [5, 5.41) is 0. The number of hydrogen-bond acceptors (Lipinski definition) is 4. The van der Waals surface area contributed by atoms with E-state index in [9.17, 15) is 14.4 Å². The van der Waals surface area contributed by atoms with Crippen LogP contribution in [-0.2, 0) is 0 Å². The quantitative estimate of drug-likeness (QED) is 0.855. The number of piperidine rings is 1. The van der Waals surface area contributed by atoms with Crippen molar-refractivity contribution in [1.82, 2.24) is 9.88 Å². The van der Waals surface area contributed by atoms with E-state index in [1.165, 1.54) is 12.3 Å². The second-order valence-electron chi connectivity index (χ2n) is 6.59. The zero-order valence-corrected chi connectivity index (χ0v) is 14.6. The molecule has 3 rings (SSSR count). The Morgan fingerprint density at radius 3 is 2.15 bits per heavy atom. The van der Waals surface area contributed by atoms with Gasteiger partial charge in [0.25, 0.3) is 11.8 Å². The number of carbonyl (C=O) groups excluding carboxylic acids is 3. The molecule has 26 heavy (non-hydrogen) atoms. The molecule has 2 N–H and O–H groups in total. The first-order valence-corrected chi connectivity index (χ1v) is 8.61. The maximum Gasteiger partial charge on any atom is 0.267 e. The largest absolute Gasteiger partial charge is 0.364 e. The minimum Gasteiger partial charge on any atom is -0.364 e. The number of ketones is 1. The van der Waals surface area contributed by atoms with Crippen LogP contribution >= 0.6 is 0 Å². The van der Waals surface area contributed by atoms with Crippen molar-refractivity contribution in [2.45, 2.75) is 19.8 Å². The number of hydrogen-bond donors (Lipinski definition) is 1. The topological polar surface area (TPSA) is 93.4 Å². The highest BCUT2D eigenvalue weighted by Crippen LogP contribution is 2.23. The summed E-state index contributed by atoms with van der Waals surface area (Å²) in [4.78, 5) is 41.8. The number of nitrogens with two attached hydrogens (primary N) is 1. The van der Waals surface area contributed by atoms with Crippen molar-refractivity contribution < 1.29 is 14.4 Å². The van der Waals surface area contributed by atoms with Crippen molar-refractivity contribution in [2.75, 3.05) is 13.1 Å². The number of rotatable bonds is 4. The lowest BCUT2D eigenvalue weighted by Crippen LogP contribution is -2.40. The molecule has 0 spiro atoms. The van der Waals surface area contributed by atoms with Crippen LogP contribution in [0.4, 0.5) is 0 Å². The van der Waals surface area contributed by atoms with E-state index in [2.05, 4.69) is 4.98 Å². The number of pyridine rings is 1. The number of primary amides is 1. The van der Waals surface area contributed by atoms with Gasteiger partial charge in [0.2, 0.25) is 0 Å². The summed E-state index contributed by atoms with van der Waals surface area (Å²) in [5.74, 6) is -0.684. The Morgan fingerprint density at radius 2 is 1.62 bits per heavy atom. The maximum atomic E-state index is 12.6. The van der Waals surface area contributed by atoms with E-state index in [0.717, 1.165) is 11.1 Å². The normalized spacial score (nSPS) is 14.9. The first kappa shape index (κ1) is 17.8. The van der Waals surface area contributed by atoms with Crippen molar-refractivity contribution in [3.8, 4) is 0 Å². The summed E-state index contributed by atoms with van der Waals surface area (Å²) >= 11 is 0. The van der Waals surface area contributed by atoms with E-state index in [4.69, 9.17) is 5.73 Å². The van der Waals surface area contributed by atoms with E-state index in [-0.39, 0.29) is 23.3 Å². The van der Waals surface area contributed by atoms with Gasteiger partial charge in [0, 0.05) is 30.8 Å². The van der Waals surface area contributed by atoms with Gasteiger partial charge in [-0.05, 0) is 31.9 Å². The molecule has 1 fully saturated rings. The highest BCUT2D eigenvalue weighted by molar-refractivity contribution is 5.98. The molecule has 0 atom stereocenters. The molecule has 1 aromatic carbocycles. The van der Waals surface area contributed by atoms with Crippen molar-refractivity contribution in [2.24, 2.45) is 11.7 Å². The average molecular weight is 351 g/mol. The SMILES string of the molecule is Cc1ccc(C(=O)C2CCN(C(=O)c3ccc(C(N)=O)nc3)CC2)cc1. The maximum absolute atomic E-state index is 12.6. The predicted octanol–water partition coefficient (Wildman–Crippen LogP) is 2.22. The van der Waals surface area contributed by atoms with Crippen molar-refractivity contribution in [3.63, 3.8) is 0 Å². The fraction of sp³-hybridized carbons (Fsp3) is 0.300. The Morgan fingerprint density at radius 1 is 1.00 bits per heavy atom. The Kier molecular flexibility index (Phi) is 5.11. The van der Waals surface area contributed by atoms with Gasteiger partial charge in [0.1, 0.15) is 5.69 Å².